The lowest BCUT2D eigenvalue weighted by atomic mass is 10.0. The monoisotopic (exact) mass is 375 g/mol. The Labute approximate surface area is 148 Å². The Bertz CT molecular complexity index is 647. The number of hydrogen-bond donors (Lipinski definition) is 1. The summed E-state index contributed by atoms with van der Waals surface area (Å²) >= 11 is 0. The standard InChI is InChI=1S/C17H27F2N3O2S/c18-17(19)5-10(17)6-21-7-14-15(8-21)16(14)9-25(23,24)22-12-1-2-13(22)4-11(20)3-12/h10-16H,1-9,20H2/t10?,11?,12-,13+,14-,15+,16?. The fourth-order valence-corrected chi connectivity index (χ4v) is 8.32. The Kier molecular flexibility index (Phi) is 3.61. The zero-order chi connectivity index (χ0) is 17.6. The van der Waals surface area contributed by atoms with Crippen LogP contribution in [0, 0.1) is 23.7 Å². The Morgan fingerprint density at radius 3 is 2.16 bits per heavy atom. The van der Waals surface area contributed by atoms with Gasteiger partial charge in [-0.1, -0.05) is 0 Å². The van der Waals surface area contributed by atoms with Crippen LogP contribution in [0.2, 0.25) is 0 Å². The molecule has 2 N–H and O–H groups in total. The maximum atomic E-state index is 13.0. The van der Waals surface area contributed by atoms with E-state index in [9.17, 15) is 17.2 Å². The first-order chi connectivity index (χ1) is 11.7. The summed E-state index contributed by atoms with van der Waals surface area (Å²) in [6.45, 7) is 2.08. The Hall–Kier alpha value is -0.310. The molecule has 5 nitrogen and oxygen atoms in total. The van der Waals surface area contributed by atoms with Crippen LogP contribution in [-0.4, -0.2) is 67.1 Å². The van der Waals surface area contributed by atoms with Crippen LogP contribution in [0.5, 0.6) is 0 Å². The molecular formula is C17H27F2N3O2S. The van der Waals surface area contributed by atoms with Gasteiger partial charge in [0.15, 0.2) is 0 Å². The van der Waals surface area contributed by atoms with Gasteiger partial charge in [-0.15, -0.1) is 0 Å². The van der Waals surface area contributed by atoms with Gasteiger partial charge in [0.05, 0.1) is 5.75 Å². The van der Waals surface area contributed by atoms with E-state index >= 15 is 0 Å². The lowest BCUT2D eigenvalue weighted by molar-refractivity contribution is 0.0882. The summed E-state index contributed by atoms with van der Waals surface area (Å²) in [6.07, 6.45) is 3.49. The van der Waals surface area contributed by atoms with Gasteiger partial charge in [-0.05, 0) is 43.4 Å². The molecule has 3 aliphatic heterocycles. The first-order valence-corrected chi connectivity index (χ1v) is 11.2. The molecule has 25 heavy (non-hydrogen) atoms. The number of likely N-dealkylation sites (tertiary alicyclic amines) is 1. The second-order valence-electron chi connectivity index (χ2n) is 9.10. The molecule has 3 heterocycles. The largest absolute Gasteiger partial charge is 0.328 e. The van der Waals surface area contributed by atoms with E-state index in [1.165, 1.54) is 0 Å². The molecule has 0 spiro atoms. The summed E-state index contributed by atoms with van der Waals surface area (Å²) in [6, 6.07) is 0.343. The Morgan fingerprint density at radius 2 is 1.64 bits per heavy atom. The highest BCUT2D eigenvalue weighted by Crippen LogP contribution is 2.55. The highest BCUT2D eigenvalue weighted by atomic mass is 32.2. The number of piperidine rings is 2. The van der Waals surface area contributed by atoms with Crippen molar-refractivity contribution in [3.63, 3.8) is 0 Å². The number of sulfonamides is 1. The topological polar surface area (TPSA) is 66.6 Å². The molecule has 5 fully saturated rings. The number of nitrogens with two attached hydrogens (primary N) is 1. The molecule has 7 atom stereocenters. The number of rotatable bonds is 5. The highest BCUT2D eigenvalue weighted by molar-refractivity contribution is 7.89. The molecule has 2 aliphatic carbocycles. The predicted molar refractivity (Wildman–Crippen MR) is 89.6 cm³/mol. The van der Waals surface area contributed by atoms with Gasteiger partial charge in [0.1, 0.15) is 0 Å². The number of hydrogen-bond acceptors (Lipinski definition) is 4. The van der Waals surface area contributed by atoms with Crippen LogP contribution in [0.3, 0.4) is 0 Å². The third-order valence-corrected chi connectivity index (χ3v) is 9.35. The molecule has 0 amide bonds. The van der Waals surface area contributed by atoms with Crippen LogP contribution >= 0.6 is 0 Å². The maximum absolute atomic E-state index is 13.0. The summed E-state index contributed by atoms with van der Waals surface area (Å²) in [5.41, 5.74) is 6.05. The van der Waals surface area contributed by atoms with E-state index in [2.05, 4.69) is 4.90 Å². The van der Waals surface area contributed by atoms with E-state index in [1.807, 2.05) is 0 Å². The van der Waals surface area contributed by atoms with Crippen LogP contribution in [-0.2, 0) is 10.0 Å². The van der Waals surface area contributed by atoms with Gasteiger partial charge < -0.3 is 10.6 Å². The van der Waals surface area contributed by atoms with Gasteiger partial charge >= 0.3 is 0 Å². The fraction of sp³-hybridized carbons (Fsp3) is 1.00. The van der Waals surface area contributed by atoms with E-state index < -0.39 is 21.9 Å². The van der Waals surface area contributed by atoms with Crippen molar-refractivity contribution in [1.29, 1.82) is 0 Å². The van der Waals surface area contributed by atoms with Crippen molar-refractivity contribution in [3.8, 4) is 0 Å². The van der Waals surface area contributed by atoms with Gasteiger partial charge in [0.25, 0.3) is 5.92 Å². The minimum atomic E-state index is -3.23. The van der Waals surface area contributed by atoms with Crippen molar-refractivity contribution in [2.24, 2.45) is 29.4 Å². The summed E-state index contributed by atoms with van der Waals surface area (Å²) in [7, 11) is -3.23. The smallest absolute Gasteiger partial charge is 0.252 e. The molecule has 0 aromatic heterocycles. The van der Waals surface area contributed by atoms with Crippen LogP contribution < -0.4 is 5.73 Å². The molecule has 2 saturated carbocycles. The summed E-state index contributed by atoms with van der Waals surface area (Å²) in [5, 5.41) is 0. The van der Waals surface area contributed by atoms with Crippen molar-refractivity contribution >= 4 is 10.0 Å². The van der Waals surface area contributed by atoms with Crippen molar-refractivity contribution in [2.45, 2.75) is 56.2 Å². The van der Waals surface area contributed by atoms with Gasteiger partial charge in [0, 0.05) is 50.1 Å². The van der Waals surface area contributed by atoms with Gasteiger partial charge in [-0.25, -0.2) is 17.2 Å². The number of fused-ring (bicyclic) bond motifs is 3. The SMILES string of the molecule is NC1C[C@H]2CC[C@@H](C1)N2S(=O)(=O)CC1[C@H]2CN(CC3CC3(F)F)C[C@@H]12. The average Bonchev–Trinajstić information content (AvgIpc) is 3.16. The first kappa shape index (κ1) is 16.8. The number of nitrogens with zero attached hydrogens (tertiary/aromatic N) is 2. The first-order valence-electron chi connectivity index (χ1n) is 9.61. The van der Waals surface area contributed by atoms with Gasteiger partial charge in [0.2, 0.25) is 10.0 Å². The van der Waals surface area contributed by atoms with E-state index in [1.54, 1.807) is 4.31 Å². The predicted octanol–water partition coefficient (Wildman–Crippen LogP) is 1.10. The fourth-order valence-electron chi connectivity index (χ4n) is 5.87. The number of alkyl halides is 2. The molecule has 5 rings (SSSR count). The third-order valence-electron chi connectivity index (χ3n) is 7.31. The molecular weight excluding hydrogens is 348 g/mol. The van der Waals surface area contributed by atoms with Crippen molar-refractivity contribution in [3.05, 3.63) is 0 Å². The molecule has 0 aromatic rings. The summed E-state index contributed by atoms with van der Waals surface area (Å²) in [5.74, 6) is -1.66. The van der Waals surface area contributed by atoms with Crippen molar-refractivity contribution < 1.29 is 17.2 Å². The molecule has 0 radical (unpaired) electrons. The van der Waals surface area contributed by atoms with Crippen molar-refractivity contribution in [2.75, 3.05) is 25.4 Å². The third kappa shape index (κ3) is 2.84. The van der Waals surface area contributed by atoms with E-state index in [-0.39, 0.29) is 36.2 Å². The van der Waals surface area contributed by atoms with E-state index in [0.29, 0.717) is 18.4 Å². The molecule has 5 aliphatic rings. The summed E-state index contributed by atoms with van der Waals surface area (Å²) in [4.78, 5) is 2.12. The average molecular weight is 375 g/mol. The molecule has 2 bridgehead atoms. The zero-order valence-corrected chi connectivity index (χ0v) is 15.2. The lowest BCUT2D eigenvalue weighted by Gasteiger charge is -2.36. The number of halogens is 2. The van der Waals surface area contributed by atoms with Crippen LogP contribution in [0.4, 0.5) is 8.78 Å². The Morgan fingerprint density at radius 1 is 1.08 bits per heavy atom. The van der Waals surface area contributed by atoms with Crippen LogP contribution in [0.25, 0.3) is 0 Å². The molecule has 8 heteroatoms. The second kappa shape index (κ2) is 5.36. The normalized spacial score (nSPS) is 48.5. The highest BCUT2D eigenvalue weighted by Gasteiger charge is 2.61. The maximum Gasteiger partial charge on any atom is 0.252 e. The van der Waals surface area contributed by atoms with E-state index in [0.717, 1.165) is 38.8 Å². The van der Waals surface area contributed by atoms with E-state index in [4.69, 9.17) is 5.73 Å². The van der Waals surface area contributed by atoms with Gasteiger partial charge in [-0.2, -0.15) is 4.31 Å². The molecule has 3 saturated heterocycles. The quantitative estimate of drug-likeness (QED) is 0.782. The van der Waals surface area contributed by atoms with Gasteiger partial charge in [-0.3, -0.25) is 0 Å². The van der Waals surface area contributed by atoms with Crippen LogP contribution in [0.1, 0.15) is 32.1 Å². The minimum absolute atomic E-state index is 0.0243. The lowest BCUT2D eigenvalue weighted by Crippen LogP contribution is -2.51. The minimum Gasteiger partial charge on any atom is -0.328 e. The molecule has 0 aromatic carbocycles. The van der Waals surface area contributed by atoms with Crippen LogP contribution in [0.15, 0.2) is 0 Å². The van der Waals surface area contributed by atoms with Crippen molar-refractivity contribution in [1.82, 2.24) is 9.21 Å². The second-order valence-corrected chi connectivity index (χ2v) is 11.0. The molecule has 3 unspecified atom stereocenters. The molecule has 142 valence electrons. The Balaban J connectivity index is 1.17. The summed E-state index contributed by atoms with van der Waals surface area (Å²) < 4.78 is 53.8. The zero-order valence-electron chi connectivity index (χ0n) is 14.4.